The summed E-state index contributed by atoms with van der Waals surface area (Å²) < 4.78 is 11.1. The van der Waals surface area contributed by atoms with E-state index in [9.17, 15) is 0 Å². The van der Waals surface area contributed by atoms with E-state index in [-0.39, 0.29) is 11.0 Å². The molecule has 4 unspecified atom stereocenters. The smallest absolute Gasteiger partial charge is 0.0691 e. The summed E-state index contributed by atoms with van der Waals surface area (Å²) in [6.07, 6.45) is 1.47. The molecule has 0 amide bonds. The van der Waals surface area contributed by atoms with Crippen molar-refractivity contribution in [2.45, 2.75) is 51.8 Å². The van der Waals surface area contributed by atoms with E-state index in [1.165, 1.54) is 0 Å². The van der Waals surface area contributed by atoms with Crippen molar-refractivity contribution in [1.29, 1.82) is 0 Å². The van der Waals surface area contributed by atoms with Gasteiger partial charge in [0.15, 0.2) is 0 Å². The number of rotatable bonds is 6. The lowest BCUT2D eigenvalue weighted by molar-refractivity contribution is -0.165. The minimum Gasteiger partial charge on any atom is -0.383 e. The van der Waals surface area contributed by atoms with Gasteiger partial charge in [0.1, 0.15) is 0 Å². The first-order valence-electron chi connectivity index (χ1n) is 7.52. The van der Waals surface area contributed by atoms with Crippen LogP contribution in [0.2, 0.25) is 0 Å². The Morgan fingerprint density at radius 1 is 1.47 bits per heavy atom. The molecule has 1 aliphatic heterocycles. The molecule has 1 aliphatic carbocycles. The summed E-state index contributed by atoms with van der Waals surface area (Å²) >= 11 is 0. The molecule has 2 aliphatic rings. The number of nitrogens with zero attached hydrogens (tertiary/aromatic N) is 1. The summed E-state index contributed by atoms with van der Waals surface area (Å²) in [4.78, 5) is 2.44. The van der Waals surface area contributed by atoms with Gasteiger partial charge in [-0.15, -0.1) is 0 Å². The number of likely N-dealkylation sites (N-methyl/N-ethyl adjacent to an activating group) is 1. The van der Waals surface area contributed by atoms with Gasteiger partial charge in [-0.25, -0.2) is 0 Å². The summed E-state index contributed by atoms with van der Waals surface area (Å²) in [7, 11) is 1.76. The second kappa shape index (κ2) is 5.32. The van der Waals surface area contributed by atoms with Crippen LogP contribution in [0, 0.1) is 11.3 Å². The molecular weight excluding hydrogens is 240 g/mol. The number of methoxy groups -OCH3 is 1. The summed E-state index contributed by atoms with van der Waals surface area (Å²) in [5.41, 5.74) is 6.74. The Hall–Kier alpha value is -0.160. The lowest BCUT2D eigenvalue weighted by Crippen LogP contribution is -2.78. The van der Waals surface area contributed by atoms with Crippen LogP contribution in [-0.2, 0) is 9.47 Å². The van der Waals surface area contributed by atoms with Crippen molar-refractivity contribution < 1.29 is 9.47 Å². The largest absolute Gasteiger partial charge is 0.383 e. The Labute approximate surface area is 117 Å². The molecular formula is C15H30N2O2. The summed E-state index contributed by atoms with van der Waals surface area (Å²) in [6, 6.07) is 0.410. The molecule has 19 heavy (non-hydrogen) atoms. The highest BCUT2D eigenvalue weighted by molar-refractivity contribution is 5.21. The van der Waals surface area contributed by atoms with Crippen molar-refractivity contribution in [3.05, 3.63) is 0 Å². The van der Waals surface area contributed by atoms with E-state index in [4.69, 9.17) is 15.2 Å². The monoisotopic (exact) mass is 270 g/mol. The average molecular weight is 270 g/mol. The van der Waals surface area contributed by atoms with Gasteiger partial charge < -0.3 is 15.2 Å². The fourth-order valence-corrected chi connectivity index (χ4v) is 4.06. The Bertz CT molecular complexity index is 321. The highest BCUT2D eigenvalue weighted by Gasteiger charge is 2.67. The first kappa shape index (κ1) is 15.2. The quantitative estimate of drug-likeness (QED) is 0.794. The van der Waals surface area contributed by atoms with Crippen LogP contribution >= 0.6 is 0 Å². The summed E-state index contributed by atoms with van der Waals surface area (Å²) in [5, 5.41) is 0. The van der Waals surface area contributed by atoms with Crippen LogP contribution in [-0.4, -0.2) is 56.0 Å². The fraction of sp³-hybridized carbons (Fsp3) is 1.00. The van der Waals surface area contributed by atoms with Crippen molar-refractivity contribution >= 4 is 0 Å². The third kappa shape index (κ3) is 2.23. The minimum absolute atomic E-state index is 0.0639. The van der Waals surface area contributed by atoms with Gasteiger partial charge >= 0.3 is 0 Å². The van der Waals surface area contributed by atoms with Crippen LogP contribution in [0.3, 0.4) is 0 Å². The maximum atomic E-state index is 6.81. The van der Waals surface area contributed by atoms with Crippen LogP contribution in [0.15, 0.2) is 0 Å². The SMILES string of the molecule is CCN(CC1(N)C2CCOC2C1(C)C)C(C)COC. The molecule has 1 saturated carbocycles. The number of hydrogen-bond acceptors (Lipinski definition) is 4. The average Bonchev–Trinajstić information content (AvgIpc) is 2.84. The number of ether oxygens (including phenoxy) is 2. The molecule has 4 heteroatoms. The molecule has 2 N–H and O–H groups in total. The van der Waals surface area contributed by atoms with Crippen LogP contribution in [0.1, 0.15) is 34.1 Å². The normalized spacial score (nSPS) is 38.1. The lowest BCUT2D eigenvalue weighted by Gasteiger charge is -2.63. The van der Waals surface area contributed by atoms with E-state index in [1.54, 1.807) is 7.11 Å². The van der Waals surface area contributed by atoms with Crippen molar-refractivity contribution in [2.24, 2.45) is 17.1 Å². The molecule has 0 spiro atoms. The second-order valence-corrected chi connectivity index (χ2v) is 6.82. The van der Waals surface area contributed by atoms with E-state index in [0.717, 1.165) is 32.7 Å². The summed E-state index contributed by atoms with van der Waals surface area (Å²) in [5.74, 6) is 0.520. The van der Waals surface area contributed by atoms with Crippen molar-refractivity contribution in [3.8, 4) is 0 Å². The van der Waals surface area contributed by atoms with Crippen LogP contribution in [0.5, 0.6) is 0 Å². The van der Waals surface area contributed by atoms with Gasteiger partial charge in [-0.05, 0) is 19.9 Å². The van der Waals surface area contributed by atoms with Gasteiger partial charge in [0.25, 0.3) is 0 Å². The van der Waals surface area contributed by atoms with Gasteiger partial charge in [-0.3, -0.25) is 4.90 Å². The van der Waals surface area contributed by atoms with Gasteiger partial charge in [-0.2, -0.15) is 0 Å². The van der Waals surface area contributed by atoms with E-state index in [0.29, 0.717) is 18.1 Å². The van der Waals surface area contributed by atoms with E-state index in [1.807, 2.05) is 0 Å². The molecule has 1 heterocycles. The Kier molecular flexibility index (Phi) is 4.26. The third-order valence-electron chi connectivity index (χ3n) is 5.57. The van der Waals surface area contributed by atoms with Crippen LogP contribution < -0.4 is 5.73 Å². The highest BCUT2D eigenvalue weighted by Crippen LogP contribution is 2.58. The van der Waals surface area contributed by atoms with Gasteiger partial charge in [0, 0.05) is 43.2 Å². The Morgan fingerprint density at radius 3 is 2.74 bits per heavy atom. The predicted molar refractivity (Wildman–Crippen MR) is 77.1 cm³/mol. The zero-order valence-electron chi connectivity index (χ0n) is 13.1. The van der Waals surface area contributed by atoms with Crippen molar-refractivity contribution in [2.75, 3.05) is 33.4 Å². The molecule has 4 nitrogen and oxygen atoms in total. The van der Waals surface area contributed by atoms with Gasteiger partial charge in [0.05, 0.1) is 12.7 Å². The van der Waals surface area contributed by atoms with Crippen molar-refractivity contribution in [3.63, 3.8) is 0 Å². The zero-order valence-corrected chi connectivity index (χ0v) is 13.1. The predicted octanol–water partition coefficient (Wildman–Crippen LogP) is 1.49. The number of fused-ring (bicyclic) bond motifs is 1. The maximum absolute atomic E-state index is 6.81. The molecule has 0 aromatic carbocycles. The summed E-state index contributed by atoms with van der Waals surface area (Å²) in [6.45, 7) is 12.5. The Morgan fingerprint density at radius 2 is 2.16 bits per heavy atom. The van der Waals surface area contributed by atoms with E-state index < -0.39 is 0 Å². The second-order valence-electron chi connectivity index (χ2n) is 6.82. The topological polar surface area (TPSA) is 47.7 Å². The Balaban J connectivity index is 2.07. The van der Waals surface area contributed by atoms with E-state index >= 15 is 0 Å². The first-order chi connectivity index (χ1) is 8.88. The molecule has 0 radical (unpaired) electrons. The lowest BCUT2D eigenvalue weighted by atomic mass is 9.48. The molecule has 1 saturated heterocycles. The van der Waals surface area contributed by atoms with Gasteiger partial charge in [0.2, 0.25) is 0 Å². The molecule has 112 valence electrons. The standard InChI is InChI=1S/C15H30N2O2/c1-6-17(11(2)9-18-5)10-15(16)12-7-8-19-13(12)14(15,3)4/h11-13H,6-10,16H2,1-5H3. The van der Waals surface area contributed by atoms with Crippen molar-refractivity contribution in [1.82, 2.24) is 4.90 Å². The number of nitrogens with two attached hydrogens (primary N) is 1. The van der Waals surface area contributed by atoms with Gasteiger partial charge in [-0.1, -0.05) is 20.8 Å². The molecule has 0 bridgehead atoms. The molecule has 0 aromatic rings. The first-order valence-corrected chi connectivity index (χ1v) is 7.52. The third-order valence-corrected chi connectivity index (χ3v) is 5.57. The van der Waals surface area contributed by atoms with Crippen LogP contribution in [0.25, 0.3) is 0 Å². The zero-order chi connectivity index (χ0) is 14.3. The highest BCUT2D eigenvalue weighted by atomic mass is 16.5. The molecule has 2 fully saturated rings. The fourth-order valence-electron chi connectivity index (χ4n) is 4.06. The minimum atomic E-state index is -0.133. The molecule has 0 aromatic heterocycles. The maximum Gasteiger partial charge on any atom is 0.0691 e. The number of hydrogen-bond donors (Lipinski definition) is 1. The van der Waals surface area contributed by atoms with Crippen LogP contribution in [0.4, 0.5) is 0 Å². The van der Waals surface area contributed by atoms with E-state index in [2.05, 4.69) is 32.6 Å². The molecule has 4 atom stereocenters. The molecule has 2 rings (SSSR count).